The molecule has 1 aliphatic carbocycles. The number of aliphatic hydroxyl groups is 1. The quantitative estimate of drug-likeness (QED) is 0.551. The van der Waals surface area contributed by atoms with Gasteiger partial charge in [0.2, 0.25) is 0 Å². The van der Waals surface area contributed by atoms with Crippen LogP contribution in [-0.4, -0.2) is 32.8 Å². The molecule has 2 heterocycles. The summed E-state index contributed by atoms with van der Waals surface area (Å²) in [5.41, 5.74) is -1.67. The molecule has 0 bridgehead atoms. The molecule has 1 amide bonds. The molecule has 6 nitrogen and oxygen atoms in total. The fraction of sp³-hybridized carbons (Fsp3) is 0.435. The predicted octanol–water partition coefficient (Wildman–Crippen LogP) is 4.81. The van der Waals surface area contributed by atoms with Gasteiger partial charge in [0.05, 0.1) is 33.1 Å². The van der Waals surface area contributed by atoms with Crippen molar-refractivity contribution < 1.29 is 27.8 Å². The summed E-state index contributed by atoms with van der Waals surface area (Å²) in [4.78, 5) is 21.9. The Hall–Kier alpha value is -2.72. The topological polar surface area (TPSA) is 76.7 Å². The number of pyridine rings is 1. The van der Waals surface area contributed by atoms with Crippen LogP contribution in [0.5, 0.6) is 5.75 Å². The van der Waals surface area contributed by atoms with Crippen molar-refractivity contribution in [2.75, 3.05) is 6.61 Å². The van der Waals surface area contributed by atoms with Gasteiger partial charge in [-0.05, 0) is 56.9 Å². The second-order valence-corrected chi connectivity index (χ2v) is 9.87. The summed E-state index contributed by atoms with van der Waals surface area (Å²) in [6.45, 7) is 3.46. The highest BCUT2D eigenvalue weighted by Gasteiger charge is 2.32. The number of thiazole rings is 1. The summed E-state index contributed by atoms with van der Waals surface area (Å²) in [5.74, 6) is -0.433. The first-order valence-electron chi connectivity index (χ1n) is 10.6. The molecule has 0 aliphatic heterocycles. The SMILES string of the molecule is CC(C)(O)COc1ccc(C(F)(F)F)cc1C(=O)/N=c1\sc2ccncc2n1CC1CCC1. The number of carbonyl (C=O) groups is 1. The van der Waals surface area contributed by atoms with E-state index >= 15 is 0 Å². The van der Waals surface area contributed by atoms with Gasteiger partial charge in [-0.15, -0.1) is 0 Å². The van der Waals surface area contributed by atoms with Crippen molar-refractivity contribution in [1.82, 2.24) is 9.55 Å². The normalized spacial score (nSPS) is 15.6. The summed E-state index contributed by atoms with van der Waals surface area (Å²) >= 11 is 1.29. The summed E-state index contributed by atoms with van der Waals surface area (Å²) in [6, 6.07) is 4.51. The van der Waals surface area contributed by atoms with Gasteiger partial charge in [0.25, 0.3) is 5.91 Å². The molecule has 1 fully saturated rings. The van der Waals surface area contributed by atoms with Crippen LogP contribution in [0.1, 0.15) is 49.0 Å². The van der Waals surface area contributed by atoms with Crippen molar-refractivity contribution in [2.45, 2.75) is 51.4 Å². The van der Waals surface area contributed by atoms with E-state index in [1.165, 1.54) is 25.2 Å². The lowest BCUT2D eigenvalue weighted by atomic mass is 9.85. The summed E-state index contributed by atoms with van der Waals surface area (Å²) < 4.78 is 48.3. The number of alkyl halides is 3. The van der Waals surface area contributed by atoms with Gasteiger partial charge < -0.3 is 14.4 Å². The standard InChI is InChI=1S/C23H24F3N3O3S/c1-22(2,31)13-32-18-7-6-15(23(24,25)26)10-16(18)20(30)28-21-29(12-14-4-3-5-14)17-11-27-9-8-19(17)33-21/h6-11,14,31H,3-5,12-13H2,1-2H3/b28-21-. The second-order valence-electron chi connectivity index (χ2n) is 8.86. The van der Waals surface area contributed by atoms with E-state index in [9.17, 15) is 23.1 Å². The average Bonchev–Trinajstić information content (AvgIpc) is 3.04. The molecule has 0 radical (unpaired) electrons. The molecule has 0 saturated heterocycles. The number of ether oxygens (including phenoxy) is 1. The Kier molecular flexibility index (Phi) is 6.32. The lowest BCUT2D eigenvalue weighted by molar-refractivity contribution is -0.137. The molecule has 1 aromatic carbocycles. The second kappa shape index (κ2) is 8.90. The largest absolute Gasteiger partial charge is 0.490 e. The Labute approximate surface area is 192 Å². The van der Waals surface area contributed by atoms with Crippen molar-refractivity contribution in [3.63, 3.8) is 0 Å². The molecule has 2 aromatic heterocycles. The van der Waals surface area contributed by atoms with E-state index in [0.717, 1.165) is 47.7 Å². The lowest BCUT2D eigenvalue weighted by Gasteiger charge is -2.25. The Balaban J connectivity index is 1.78. The van der Waals surface area contributed by atoms with Crippen molar-refractivity contribution in [3.05, 3.63) is 52.6 Å². The van der Waals surface area contributed by atoms with Gasteiger partial charge in [-0.2, -0.15) is 18.2 Å². The Morgan fingerprint density at radius 1 is 1.30 bits per heavy atom. The molecule has 1 saturated carbocycles. The van der Waals surface area contributed by atoms with Crippen LogP contribution in [0.4, 0.5) is 13.2 Å². The molecule has 3 aromatic rings. The number of hydrogen-bond donors (Lipinski definition) is 1. The molecule has 0 spiro atoms. The molecular formula is C23H24F3N3O3S. The fourth-order valence-electron chi connectivity index (χ4n) is 3.51. The average molecular weight is 480 g/mol. The van der Waals surface area contributed by atoms with E-state index in [4.69, 9.17) is 4.74 Å². The first-order chi connectivity index (χ1) is 15.5. The highest BCUT2D eigenvalue weighted by atomic mass is 32.1. The molecular weight excluding hydrogens is 455 g/mol. The van der Waals surface area contributed by atoms with Crippen molar-refractivity contribution in [2.24, 2.45) is 10.9 Å². The zero-order valence-electron chi connectivity index (χ0n) is 18.2. The molecule has 10 heteroatoms. The first-order valence-corrected chi connectivity index (χ1v) is 11.4. The van der Waals surface area contributed by atoms with E-state index in [1.807, 2.05) is 10.6 Å². The van der Waals surface area contributed by atoms with Gasteiger partial charge in [0.15, 0.2) is 4.80 Å². The van der Waals surface area contributed by atoms with E-state index in [-0.39, 0.29) is 17.9 Å². The van der Waals surface area contributed by atoms with Gasteiger partial charge in [-0.25, -0.2) is 0 Å². The number of rotatable bonds is 6. The van der Waals surface area contributed by atoms with E-state index in [1.54, 1.807) is 12.4 Å². The minimum absolute atomic E-state index is 0.0628. The Bertz CT molecular complexity index is 1240. The minimum Gasteiger partial charge on any atom is -0.490 e. The van der Waals surface area contributed by atoms with Crippen LogP contribution in [0, 0.1) is 5.92 Å². The van der Waals surface area contributed by atoms with Crippen LogP contribution < -0.4 is 9.54 Å². The first kappa shape index (κ1) is 23.4. The Morgan fingerprint density at radius 2 is 2.06 bits per heavy atom. The smallest absolute Gasteiger partial charge is 0.416 e. The van der Waals surface area contributed by atoms with Crippen LogP contribution in [0.15, 0.2) is 41.7 Å². The Morgan fingerprint density at radius 3 is 2.70 bits per heavy atom. The van der Waals surface area contributed by atoms with Gasteiger partial charge in [-0.3, -0.25) is 9.78 Å². The number of hydrogen-bond acceptors (Lipinski definition) is 5. The van der Waals surface area contributed by atoms with Crippen LogP contribution in [0.2, 0.25) is 0 Å². The number of benzene rings is 1. The van der Waals surface area contributed by atoms with Crippen LogP contribution in [0.25, 0.3) is 10.2 Å². The van der Waals surface area contributed by atoms with Crippen molar-refractivity contribution in [1.29, 1.82) is 0 Å². The number of fused-ring (bicyclic) bond motifs is 1. The number of halogens is 3. The van der Waals surface area contributed by atoms with E-state index < -0.39 is 23.2 Å². The zero-order valence-corrected chi connectivity index (χ0v) is 19.0. The predicted molar refractivity (Wildman–Crippen MR) is 118 cm³/mol. The number of aromatic nitrogens is 2. The maximum atomic E-state index is 13.3. The molecule has 176 valence electrons. The molecule has 33 heavy (non-hydrogen) atoms. The number of amides is 1. The molecule has 0 atom stereocenters. The third-order valence-corrected chi connectivity index (χ3v) is 6.52. The van der Waals surface area contributed by atoms with Crippen LogP contribution in [0.3, 0.4) is 0 Å². The zero-order chi connectivity index (χ0) is 23.8. The maximum Gasteiger partial charge on any atom is 0.416 e. The summed E-state index contributed by atoms with van der Waals surface area (Å²) in [7, 11) is 0. The third-order valence-electron chi connectivity index (χ3n) is 5.47. The van der Waals surface area contributed by atoms with Gasteiger partial charge in [0, 0.05) is 12.7 Å². The van der Waals surface area contributed by atoms with Crippen LogP contribution in [-0.2, 0) is 12.7 Å². The number of nitrogens with zero attached hydrogens (tertiary/aromatic N) is 3. The summed E-state index contributed by atoms with van der Waals surface area (Å²) in [6.07, 6.45) is 2.05. The van der Waals surface area contributed by atoms with Gasteiger partial charge in [0.1, 0.15) is 12.4 Å². The number of carbonyl (C=O) groups excluding carboxylic acids is 1. The van der Waals surface area contributed by atoms with Gasteiger partial charge in [-0.1, -0.05) is 17.8 Å². The van der Waals surface area contributed by atoms with Crippen molar-refractivity contribution >= 4 is 27.5 Å². The monoisotopic (exact) mass is 479 g/mol. The molecule has 1 aliphatic rings. The fourth-order valence-corrected chi connectivity index (χ4v) is 4.52. The molecule has 4 rings (SSSR count). The van der Waals surface area contributed by atoms with Crippen molar-refractivity contribution in [3.8, 4) is 5.75 Å². The third kappa shape index (κ3) is 5.44. The van der Waals surface area contributed by atoms with E-state index in [0.29, 0.717) is 17.3 Å². The highest BCUT2D eigenvalue weighted by Crippen LogP contribution is 2.33. The van der Waals surface area contributed by atoms with Crippen LogP contribution >= 0.6 is 11.3 Å². The maximum absolute atomic E-state index is 13.3. The van der Waals surface area contributed by atoms with Gasteiger partial charge >= 0.3 is 6.18 Å². The molecule has 0 unspecified atom stereocenters. The highest BCUT2D eigenvalue weighted by molar-refractivity contribution is 7.16. The lowest BCUT2D eigenvalue weighted by Crippen LogP contribution is -2.28. The van der Waals surface area contributed by atoms with E-state index in [2.05, 4.69) is 9.98 Å². The molecule has 1 N–H and O–H groups in total. The summed E-state index contributed by atoms with van der Waals surface area (Å²) in [5, 5.41) is 9.94. The minimum atomic E-state index is -4.63.